The molecule has 31 heavy (non-hydrogen) atoms. The Kier molecular flexibility index (Phi) is 8.96. The van der Waals surface area contributed by atoms with Crippen LogP contribution in [0.3, 0.4) is 0 Å². The first-order valence-electron chi connectivity index (χ1n) is 9.95. The smallest absolute Gasteiger partial charge is 0.408 e. The van der Waals surface area contributed by atoms with Crippen LogP contribution in [0.5, 0.6) is 0 Å². The molecule has 7 heteroatoms. The van der Waals surface area contributed by atoms with Crippen LogP contribution in [0.25, 0.3) is 11.1 Å². The lowest BCUT2D eigenvalue weighted by Crippen LogP contribution is -2.39. The minimum Gasteiger partial charge on any atom is -0.463 e. The summed E-state index contributed by atoms with van der Waals surface area (Å²) in [5.74, 6) is -0.466. The van der Waals surface area contributed by atoms with Gasteiger partial charge in [-0.1, -0.05) is 53.5 Å². The maximum Gasteiger partial charge on any atom is 0.408 e. The molecule has 2 aromatic rings. The second-order valence-electron chi connectivity index (χ2n) is 7.92. The number of esters is 1. The van der Waals surface area contributed by atoms with Crippen LogP contribution in [-0.4, -0.2) is 30.3 Å². The minimum absolute atomic E-state index is 0.280. The Hall–Kier alpha value is -2.50. The number of nitrogens with one attached hydrogen (secondary N) is 1. The Morgan fingerprint density at radius 1 is 1.03 bits per heavy atom. The van der Waals surface area contributed by atoms with Crippen molar-refractivity contribution < 1.29 is 19.1 Å². The van der Waals surface area contributed by atoms with Crippen LogP contribution >= 0.6 is 23.2 Å². The van der Waals surface area contributed by atoms with Gasteiger partial charge in [-0.3, -0.25) is 0 Å². The lowest BCUT2D eigenvalue weighted by Gasteiger charge is -2.22. The quantitative estimate of drug-likeness (QED) is 0.391. The van der Waals surface area contributed by atoms with Crippen molar-refractivity contribution in [2.45, 2.75) is 45.8 Å². The fourth-order valence-corrected chi connectivity index (χ4v) is 3.34. The first kappa shape index (κ1) is 24.8. The minimum atomic E-state index is -0.626. The van der Waals surface area contributed by atoms with Crippen molar-refractivity contribution >= 4 is 35.3 Å². The third-order valence-corrected chi connectivity index (χ3v) is 4.50. The van der Waals surface area contributed by atoms with Crippen molar-refractivity contribution in [2.75, 3.05) is 6.61 Å². The van der Waals surface area contributed by atoms with E-state index >= 15 is 0 Å². The molecule has 2 aromatic carbocycles. The van der Waals surface area contributed by atoms with Crippen LogP contribution in [0.2, 0.25) is 10.0 Å². The van der Waals surface area contributed by atoms with E-state index in [-0.39, 0.29) is 6.61 Å². The predicted octanol–water partition coefficient (Wildman–Crippen LogP) is 6.22. The average molecular weight is 464 g/mol. The van der Waals surface area contributed by atoms with E-state index in [1.165, 1.54) is 6.08 Å². The Balaban J connectivity index is 2.16. The molecule has 1 N–H and O–H groups in total. The van der Waals surface area contributed by atoms with Crippen LogP contribution in [0.15, 0.2) is 54.6 Å². The van der Waals surface area contributed by atoms with Crippen molar-refractivity contribution in [1.82, 2.24) is 5.32 Å². The van der Waals surface area contributed by atoms with Crippen molar-refractivity contribution in [3.05, 3.63) is 70.2 Å². The molecule has 0 fully saturated rings. The molecule has 1 amide bonds. The van der Waals surface area contributed by atoms with Gasteiger partial charge in [-0.15, -0.1) is 0 Å². The summed E-state index contributed by atoms with van der Waals surface area (Å²) in [6.07, 6.45) is 2.82. The van der Waals surface area contributed by atoms with Crippen LogP contribution in [0.1, 0.15) is 33.3 Å². The normalized spacial score (nSPS) is 12.5. The van der Waals surface area contributed by atoms with Crippen LogP contribution in [0, 0.1) is 0 Å². The first-order valence-corrected chi connectivity index (χ1v) is 10.7. The number of alkyl carbamates (subject to hydrolysis) is 1. The summed E-state index contributed by atoms with van der Waals surface area (Å²) in [7, 11) is 0. The number of halogens is 2. The van der Waals surface area contributed by atoms with E-state index in [1.54, 1.807) is 39.8 Å². The number of amides is 1. The van der Waals surface area contributed by atoms with Crippen LogP contribution < -0.4 is 5.32 Å². The van der Waals surface area contributed by atoms with Gasteiger partial charge in [0.05, 0.1) is 12.6 Å². The Morgan fingerprint density at radius 3 is 2.19 bits per heavy atom. The highest BCUT2D eigenvalue weighted by atomic mass is 35.5. The fourth-order valence-electron chi connectivity index (χ4n) is 2.82. The van der Waals surface area contributed by atoms with E-state index in [0.717, 1.165) is 16.7 Å². The topological polar surface area (TPSA) is 64.6 Å². The maximum absolute atomic E-state index is 12.2. The molecule has 0 aliphatic carbocycles. The van der Waals surface area contributed by atoms with Crippen molar-refractivity contribution in [3.8, 4) is 11.1 Å². The van der Waals surface area contributed by atoms with E-state index in [1.807, 2.05) is 36.4 Å². The number of rotatable bonds is 7. The van der Waals surface area contributed by atoms with E-state index in [4.69, 9.17) is 32.7 Å². The molecule has 0 saturated heterocycles. The molecule has 0 radical (unpaired) electrons. The highest BCUT2D eigenvalue weighted by Crippen LogP contribution is 2.27. The van der Waals surface area contributed by atoms with E-state index in [2.05, 4.69) is 5.32 Å². The number of hydrogen-bond donors (Lipinski definition) is 1. The number of hydrogen-bond acceptors (Lipinski definition) is 4. The second kappa shape index (κ2) is 11.2. The van der Waals surface area contributed by atoms with Crippen LogP contribution in [0.4, 0.5) is 4.79 Å². The molecule has 0 aliphatic heterocycles. The zero-order valence-corrected chi connectivity index (χ0v) is 19.6. The molecule has 0 aliphatic rings. The summed E-state index contributed by atoms with van der Waals surface area (Å²) in [6.45, 7) is 7.38. The summed E-state index contributed by atoms with van der Waals surface area (Å²) in [6, 6.07) is 12.7. The lowest BCUT2D eigenvalue weighted by molar-refractivity contribution is -0.137. The van der Waals surface area contributed by atoms with Gasteiger partial charge in [-0.25, -0.2) is 9.59 Å². The van der Waals surface area contributed by atoms with Crippen molar-refractivity contribution in [2.24, 2.45) is 0 Å². The Labute approximate surface area is 193 Å². The average Bonchev–Trinajstić information content (AvgIpc) is 2.64. The predicted molar refractivity (Wildman–Crippen MR) is 125 cm³/mol. The van der Waals surface area contributed by atoms with E-state index in [0.29, 0.717) is 16.5 Å². The number of carbonyl (C=O) groups excluding carboxylic acids is 2. The van der Waals surface area contributed by atoms with E-state index in [9.17, 15) is 9.59 Å². The summed E-state index contributed by atoms with van der Waals surface area (Å²) in [5, 5.41) is 3.92. The Morgan fingerprint density at radius 2 is 1.65 bits per heavy atom. The second-order valence-corrected chi connectivity index (χ2v) is 8.80. The van der Waals surface area contributed by atoms with Gasteiger partial charge in [-0.05, 0) is 69.0 Å². The highest BCUT2D eigenvalue weighted by molar-refractivity contribution is 6.35. The molecular weight excluding hydrogens is 437 g/mol. The van der Waals surface area contributed by atoms with Crippen LogP contribution in [-0.2, 0) is 20.7 Å². The molecule has 2 rings (SSSR count). The third-order valence-electron chi connectivity index (χ3n) is 4.06. The lowest BCUT2D eigenvalue weighted by atomic mass is 10.0. The molecule has 0 heterocycles. The van der Waals surface area contributed by atoms with Gasteiger partial charge in [0, 0.05) is 16.1 Å². The highest BCUT2D eigenvalue weighted by Gasteiger charge is 2.19. The summed E-state index contributed by atoms with van der Waals surface area (Å²) in [4.78, 5) is 23.9. The van der Waals surface area contributed by atoms with Crippen molar-refractivity contribution in [1.29, 1.82) is 0 Å². The molecule has 0 aromatic heterocycles. The van der Waals surface area contributed by atoms with E-state index < -0.39 is 23.7 Å². The largest absolute Gasteiger partial charge is 0.463 e. The first-order chi connectivity index (χ1) is 14.6. The van der Waals surface area contributed by atoms with Gasteiger partial charge in [0.2, 0.25) is 0 Å². The molecule has 0 saturated carbocycles. The summed E-state index contributed by atoms with van der Waals surface area (Å²) in [5.41, 5.74) is 2.22. The molecule has 0 spiro atoms. The Bertz CT molecular complexity index is 913. The van der Waals surface area contributed by atoms with Crippen molar-refractivity contribution in [3.63, 3.8) is 0 Å². The summed E-state index contributed by atoms with van der Waals surface area (Å²) >= 11 is 12.2. The zero-order valence-electron chi connectivity index (χ0n) is 18.1. The summed E-state index contributed by atoms with van der Waals surface area (Å²) < 4.78 is 10.3. The molecular formula is C24H27Cl2NO4. The molecule has 5 nitrogen and oxygen atoms in total. The van der Waals surface area contributed by atoms with Gasteiger partial charge in [0.1, 0.15) is 5.60 Å². The maximum atomic E-state index is 12.2. The van der Waals surface area contributed by atoms with Gasteiger partial charge in [0.15, 0.2) is 0 Å². The molecule has 0 bridgehead atoms. The number of carbonyl (C=O) groups is 2. The van der Waals surface area contributed by atoms with Gasteiger partial charge in [0.25, 0.3) is 0 Å². The molecule has 1 unspecified atom stereocenters. The van der Waals surface area contributed by atoms with Gasteiger partial charge in [-0.2, -0.15) is 0 Å². The number of ether oxygens (including phenoxy) is 2. The molecule has 166 valence electrons. The standard InChI is InChI=1S/C24H27Cl2NO4/c1-5-30-22(28)11-10-21(27-23(29)31-24(2,3)4)12-16-6-8-17(9-7-16)18-13-19(25)15-20(26)14-18/h6-11,13-15,21H,5,12H2,1-4H3,(H,27,29)/b11-10+. The number of benzene rings is 2. The monoisotopic (exact) mass is 463 g/mol. The van der Waals surface area contributed by atoms with Gasteiger partial charge < -0.3 is 14.8 Å². The fraction of sp³-hybridized carbons (Fsp3) is 0.333. The SMILES string of the molecule is CCOC(=O)/C=C/C(Cc1ccc(-c2cc(Cl)cc(Cl)c2)cc1)NC(=O)OC(C)(C)C. The van der Waals surface area contributed by atoms with Gasteiger partial charge >= 0.3 is 12.1 Å². The third kappa shape index (κ3) is 9.03. The molecule has 1 atom stereocenters. The zero-order chi connectivity index (χ0) is 23.0.